The van der Waals surface area contributed by atoms with Gasteiger partial charge in [-0.2, -0.15) is 13.2 Å². The first-order valence-electron chi connectivity index (χ1n) is 7.53. The van der Waals surface area contributed by atoms with Crippen molar-refractivity contribution in [2.45, 2.75) is 39.2 Å². The Hall–Kier alpha value is -2.02. The summed E-state index contributed by atoms with van der Waals surface area (Å²) in [5, 5.41) is 9.31. The fourth-order valence-corrected chi connectivity index (χ4v) is 2.42. The predicted octanol–water partition coefficient (Wildman–Crippen LogP) is 4.18. The van der Waals surface area contributed by atoms with E-state index >= 15 is 0 Å². The summed E-state index contributed by atoms with van der Waals surface area (Å²) >= 11 is 0. The fourth-order valence-electron chi connectivity index (χ4n) is 2.42. The zero-order valence-corrected chi connectivity index (χ0v) is 13.6. The zero-order valence-electron chi connectivity index (χ0n) is 13.6. The van der Waals surface area contributed by atoms with Crippen molar-refractivity contribution in [2.24, 2.45) is 5.92 Å². The molecular weight excluding hydrogens is 325 g/mol. The molecule has 1 N–H and O–H groups in total. The summed E-state index contributed by atoms with van der Waals surface area (Å²) in [4.78, 5) is 11.5. The number of carboxylic acids is 1. The highest BCUT2D eigenvalue weighted by Crippen LogP contribution is 2.47. The minimum absolute atomic E-state index is 0.0237. The molecule has 24 heavy (non-hydrogen) atoms. The van der Waals surface area contributed by atoms with Crippen LogP contribution in [-0.2, 0) is 9.53 Å². The molecule has 1 atom stereocenters. The van der Waals surface area contributed by atoms with Crippen LogP contribution in [-0.4, -0.2) is 29.6 Å². The zero-order chi connectivity index (χ0) is 18.1. The highest BCUT2D eigenvalue weighted by molar-refractivity contribution is 5.96. The monoisotopic (exact) mass is 344 g/mol. The van der Waals surface area contributed by atoms with Crippen molar-refractivity contribution in [1.82, 2.24) is 0 Å². The van der Waals surface area contributed by atoms with E-state index in [0.717, 1.165) is 6.08 Å². The van der Waals surface area contributed by atoms with Gasteiger partial charge in [0, 0.05) is 5.56 Å². The Kier molecular flexibility index (Phi) is 4.94. The molecule has 1 unspecified atom stereocenters. The Morgan fingerprint density at radius 2 is 2.04 bits per heavy atom. The maximum Gasteiger partial charge on any atom is 0.460 e. The summed E-state index contributed by atoms with van der Waals surface area (Å²) in [6.07, 6.45) is -3.74. The molecule has 0 amide bonds. The van der Waals surface area contributed by atoms with Crippen LogP contribution in [0.25, 0.3) is 6.08 Å². The average molecular weight is 344 g/mol. The number of benzene rings is 1. The number of hydrogen-bond donors (Lipinski definition) is 1. The summed E-state index contributed by atoms with van der Waals surface area (Å²) in [5.74, 6) is -4.97. The van der Waals surface area contributed by atoms with E-state index in [1.807, 2.05) is 13.8 Å². The maximum atomic E-state index is 13.8. The molecule has 0 radical (unpaired) electrons. The topological polar surface area (TPSA) is 55.8 Å². The van der Waals surface area contributed by atoms with Gasteiger partial charge in [0.2, 0.25) is 0 Å². The number of ether oxygens (including phenoxy) is 2. The van der Waals surface area contributed by atoms with Crippen LogP contribution in [0.1, 0.15) is 31.4 Å². The van der Waals surface area contributed by atoms with Crippen molar-refractivity contribution in [3.63, 3.8) is 0 Å². The standard InChI is InChI=1S/C17H19F3O4/c1-10(2)7-8-23-16(17(18,19)20)13(15(21)22)9-12-6-4-5-11(3)14(12)24-16/h4-6,9-10H,7-8H2,1-3H3,(H,21,22). The second-order valence-corrected chi connectivity index (χ2v) is 6.10. The summed E-state index contributed by atoms with van der Waals surface area (Å²) in [5.41, 5.74) is -0.231. The van der Waals surface area contributed by atoms with E-state index in [4.69, 9.17) is 9.47 Å². The minimum atomic E-state index is -5.05. The van der Waals surface area contributed by atoms with Crippen molar-refractivity contribution >= 4 is 12.0 Å². The van der Waals surface area contributed by atoms with Gasteiger partial charge in [0.05, 0.1) is 6.61 Å². The number of hydrogen-bond acceptors (Lipinski definition) is 3. The van der Waals surface area contributed by atoms with Gasteiger partial charge >= 0.3 is 17.9 Å². The van der Waals surface area contributed by atoms with Gasteiger partial charge in [-0.15, -0.1) is 0 Å². The van der Waals surface area contributed by atoms with Crippen LogP contribution in [0, 0.1) is 12.8 Å². The molecule has 0 bridgehead atoms. The van der Waals surface area contributed by atoms with Crippen molar-refractivity contribution in [2.75, 3.05) is 6.61 Å². The van der Waals surface area contributed by atoms with Crippen LogP contribution >= 0.6 is 0 Å². The van der Waals surface area contributed by atoms with E-state index < -0.39 is 23.5 Å². The molecule has 1 aliphatic heterocycles. The molecule has 1 aromatic carbocycles. The molecule has 1 aliphatic rings. The summed E-state index contributed by atoms with van der Waals surface area (Å²) in [6, 6.07) is 4.71. The van der Waals surface area contributed by atoms with Gasteiger partial charge in [-0.05, 0) is 30.9 Å². The third-order valence-electron chi connectivity index (χ3n) is 3.75. The maximum absolute atomic E-state index is 13.8. The number of alkyl halides is 3. The number of carboxylic acid groups (broad SMARTS) is 1. The molecule has 0 fully saturated rings. The van der Waals surface area contributed by atoms with Crippen LogP contribution in [0.3, 0.4) is 0 Å². The van der Waals surface area contributed by atoms with E-state index in [9.17, 15) is 23.1 Å². The van der Waals surface area contributed by atoms with E-state index in [2.05, 4.69) is 0 Å². The lowest BCUT2D eigenvalue weighted by atomic mass is 9.96. The first kappa shape index (κ1) is 18.3. The predicted molar refractivity (Wildman–Crippen MR) is 81.6 cm³/mol. The molecule has 0 saturated carbocycles. The van der Waals surface area contributed by atoms with Crippen LogP contribution in [0.5, 0.6) is 5.75 Å². The Balaban J connectivity index is 2.56. The summed E-state index contributed by atoms with van der Waals surface area (Å²) < 4.78 is 51.6. The van der Waals surface area contributed by atoms with E-state index in [0.29, 0.717) is 12.0 Å². The largest absolute Gasteiger partial charge is 0.478 e. The molecule has 7 heteroatoms. The van der Waals surface area contributed by atoms with Crippen molar-refractivity contribution in [1.29, 1.82) is 0 Å². The van der Waals surface area contributed by atoms with E-state index in [1.54, 1.807) is 19.1 Å². The summed E-state index contributed by atoms with van der Waals surface area (Å²) in [6.45, 7) is 4.98. The Labute approximate surface area is 137 Å². The van der Waals surface area contributed by atoms with Crippen molar-refractivity contribution in [3.05, 3.63) is 34.9 Å². The molecule has 0 aliphatic carbocycles. The molecule has 2 rings (SSSR count). The molecule has 1 aromatic rings. The Morgan fingerprint density at radius 1 is 1.38 bits per heavy atom. The lowest BCUT2D eigenvalue weighted by molar-refractivity contribution is -0.334. The third kappa shape index (κ3) is 3.26. The molecule has 1 heterocycles. The number of carbonyl (C=O) groups is 1. The number of halogens is 3. The third-order valence-corrected chi connectivity index (χ3v) is 3.75. The molecule has 132 valence electrons. The lowest BCUT2D eigenvalue weighted by Crippen LogP contribution is -2.57. The van der Waals surface area contributed by atoms with Crippen LogP contribution < -0.4 is 4.74 Å². The molecule has 4 nitrogen and oxygen atoms in total. The second-order valence-electron chi connectivity index (χ2n) is 6.10. The highest BCUT2D eigenvalue weighted by Gasteiger charge is 2.65. The number of aryl methyl sites for hydroxylation is 1. The number of fused-ring (bicyclic) bond motifs is 1. The normalized spacial score (nSPS) is 20.4. The van der Waals surface area contributed by atoms with Gasteiger partial charge in [0.15, 0.2) is 0 Å². The summed E-state index contributed by atoms with van der Waals surface area (Å²) in [7, 11) is 0. The second kappa shape index (κ2) is 6.47. The van der Waals surface area contributed by atoms with E-state index in [-0.39, 0.29) is 23.8 Å². The highest BCUT2D eigenvalue weighted by atomic mass is 19.4. The first-order valence-corrected chi connectivity index (χ1v) is 7.53. The van der Waals surface area contributed by atoms with Gasteiger partial charge in [-0.3, -0.25) is 0 Å². The average Bonchev–Trinajstić information content (AvgIpc) is 2.45. The van der Waals surface area contributed by atoms with Gasteiger partial charge < -0.3 is 14.6 Å². The number of para-hydroxylation sites is 1. The van der Waals surface area contributed by atoms with Crippen molar-refractivity contribution in [3.8, 4) is 5.75 Å². The molecular formula is C17H19F3O4. The molecule has 0 saturated heterocycles. The smallest absolute Gasteiger partial charge is 0.460 e. The van der Waals surface area contributed by atoms with Crippen LogP contribution in [0.4, 0.5) is 13.2 Å². The Morgan fingerprint density at radius 3 is 2.58 bits per heavy atom. The number of rotatable bonds is 5. The minimum Gasteiger partial charge on any atom is -0.478 e. The first-order chi connectivity index (χ1) is 11.1. The van der Waals surface area contributed by atoms with Crippen LogP contribution in [0.2, 0.25) is 0 Å². The van der Waals surface area contributed by atoms with Crippen molar-refractivity contribution < 1.29 is 32.5 Å². The quantitative estimate of drug-likeness (QED) is 0.871. The van der Waals surface area contributed by atoms with E-state index in [1.165, 1.54) is 6.07 Å². The Bertz CT molecular complexity index is 664. The fraction of sp³-hybridized carbons (Fsp3) is 0.471. The van der Waals surface area contributed by atoms with Gasteiger partial charge in [0.1, 0.15) is 11.3 Å². The van der Waals surface area contributed by atoms with Gasteiger partial charge in [-0.25, -0.2) is 4.79 Å². The SMILES string of the molecule is Cc1cccc2c1OC(OCCC(C)C)(C(F)(F)F)C(C(=O)O)=C2. The van der Waals surface area contributed by atoms with Gasteiger partial charge in [-0.1, -0.05) is 32.0 Å². The molecule has 0 spiro atoms. The number of aliphatic carboxylic acids is 1. The lowest BCUT2D eigenvalue weighted by Gasteiger charge is -2.39. The van der Waals surface area contributed by atoms with Crippen LogP contribution in [0.15, 0.2) is 23.8 Å². The van der Waals surface area contributed by atoms with Gasteiger partial charge in [0.25, 0.3) is 0 Å². The molecule has 0 aromatic heterocycles.